The van der Waals surface area contributed by atoms with Gasteiger partial charge in [0.1, 0.15) is 5.69 Å². The van der Waals surface area contributed by atoms with Crippen molar-refractivity contribution in [3.8, 4) is 0 Å². The van der Waals surface area contributed by atoms with Gasteiger partial charge in [-0.3, -0.25) is 9.59 Å². The first-order valence-corrected chi connectivity index (χ1v) is 14.9. The molecule has 3 heterocycles. The zero-order valence-electron chi connectivity index (χ0n) is 23.9. The van der Waals surface area contributed by atoms with Crippen molar-refractivity contribution in [2.24, 2.45) is 5.73 Å². The highest BCUT2D eigenvalue weighted by atomic mass is 16.2. The lowest BCUT2D eigenvalue weighted by Gasteiger charge is -2.39. The summed E-state index contributed by atoms with van der Waals surface area (Å²) in [5, 5.41) is 5.70. The molecule has 2 amide bonds. The molecule has 3 aromatic rings. The van der Waals surface area contributed by atoms with Gasteiger partial charge >= 0.3 is 0 Å². The lowest BCUT2D eigenvalue weighted by molar-refractivity contribution is -0.126. The minimum Gasteiger partial charge on any atom is -0.368 e. The lowest BCUT2D eigenvalue weighted by atomic mass is 9.91. The van der Waals surface area contributed by atoms with E-state index < -0.39 is 0 Å². The number of piperazine rings is 1. The molecule has 0 spiro atoms. The van der Waals surface area contributed by atoms with E-state index in [4.69, 9.17) is 10.7 Å². The van der Waals surface area contributed by atoms with E-state index >= 15 is 0 Å². The zero-order valence-corrected chi connectivity index (χ0v) is 23.9. The highest BCUT2D eigenvalue weighted by Crippen LogP contribution is 2.36. The highest BCUT2D eigenvalue weighted by Gasteiger charge is 2.30. The van der Waals surface area contributed by atoms with E-state index in [1.807, 2.05) is 11.0 Å². The molecule has 1 saturated heterocycles. The quantitative estimate of drug-likeness (QED) is 0.466. The zero-order chi connectivity index (χ0) is 28.5. The maximum Gasteiger partial charge on any atom is 0.270 e. The van der Waals surface area contributed by atoms with Crippen molar-refractivity contribution in [2.45, 2.75) is 57.7 Å². The van der Waals surface area contributed by atoms with E-state index in [2.05, 4.69) is 65.0 Å². The molecule has 0 bridgehead atoms. The molecular weight excluding hydrogens is 512 g/mol. The van der Waals surface area contributed by atoms with Crippen LogP contribution >= 0.6 is 0 Å². The maximum absolute atomic E-state index is 13.6. The summed E-state index contributed by atoms with van der Waals surface area (Å²) in [6.07, 6.45) is 6.24. The van der Waals surface area contributed by atoms with Gasteiger partial charge in [-0.05, 0) is 55.3 Å². The second-order valence-corrected chi connectivity index (χ2v) is 11.6. The summed E-state index contributed by atoms with van der Waals surface area (Å²) in [7, 11) is 0. The largest absolute Gasteiger partial charge is 0.368 e. The smallest absolute Gasteiger partial charge is 0.270 e. The first-order chi connectivity index (χ1) is 19.9. The van der Waals surface area contributed by atoms with Gasteiger partial charge in [0.25, 0.3) is 5.91 Å². The molecule has 0 unspecified atom stereocenters. The van der Waals surface area contributed by atoms with Crippen molar-refractivity contribution in [3.63, 3.8) is 0 Å². The maximum atomic E-state index is 13.6. The average Bonchev–Trinajstić information content (AvgIpc) is 3.01. The number of amides is 2. The van der Waals surface area contributed by atoms with Crippen LogP contribution in [-0.2, 0) is 17.8 Å². The molecule has 8 heteroatoms. The van der Waals surface area contributed by atoms with Crippen LogP contribution in [0.15, 0.2) is 55.1 Å². The normalized spacial score (nSPS) is 21.0. The summed E-state index contributed by atoms with van der Waals surface area (Å²) in [6.45, 7) is 9.97. The average molecular weight is 553 g/mol. The molecule has 8 nitrogen and oxygen atoms in total. The molecule has 1 aromatic heterocycles. The number of hydrogen-bond donors (Lipinski definition) is 2. The number of rotatable bonds is 5. The number of aromatic nitrogens is 1. The van der Waals surface area contributed by atoms with Crippen LogP contribution in [0.4, 0.5) is 11.4 Å². The predicted molar refractivity (Wildman–Crippen MR) is 164 cm³/mol. The number of nitrogens with two attached hydrogens (primary N) is 1. The van der Waals surface area contributed by atoms with E-state index in [9.17, 15) is 9.59 Å². The fourth-order valence-electron chi connectivity index (χ4n) is 6.77. The van der Waals surface area contributed by atoms with Gasteiger partial charge in [0.05, 0.1) is 12.2 Å². The Morgan fingerprint density at radius 1 is 1.00 bits per heavy atom. The Kier molecular flexibility index (Phi) is 7.67. The van der Waals surface area contributed by atoms with Crippen molar-refractivity contribution in [2.75, 3.05) is 42.5 Å². The lowest BCUT2D eigenvalue weighted by Crippen LogP contribution is -2.50. The number of carbonyl (C=O) groups is 2. The summed E-state index contributed by atoms with van der Waals surface area (Å²) in [4.78, 5) is 37.3. The molecule has 2 fully saturated rings. The number of benzene rings is 2. The molecule has 2 atom stereocenters. The molecule has 3 N–H and O–H groups in total. The van der Waals surface area contributed by atoms with Crippen LogP contribution < -0.4 is 20.9 Å². The Morgan fingerprint density at radius 3 is 2.51 bits per heavy atom. The Hall–Kier alpha value is -3.91. The first-order valence-electron chi connectivity index (χ1n) is 14.9. The molecule has 0 radical (unpaired) electrons. The van der Waals surface area contributed by atoms with Crippen LogP contribution in [0.3, 0.4) is 0 Å². The molecule has 2 aliphatic heterocycles. The van der Waals surface area contributed by atoms with Crippen LogP contribution in [0.5, 0.6) is 0 Å². The highest BCUT2D eigenvalue weighted by molar-refractivity contribution is 5.97. The van der Waals surface area contributed by atoms with E-state index in [0.717, 1.165) is 50.0 Å². The summed E-state index contributed by atoms with van der Waals surface area (Å²) in [5.74, 6) is -0.193. The summed E-state index contributed by atoms with van der Waals surface area (Å²) >= 11 is 0. The third-order valence-electron chi connectivity index (χ3n) is 9.07. The molecule has 1 aliphatic carbocycles. The summed E-state index contributed by atoms with van der Waals surface area (Å²) in [6, 6.07) is 14.8. The summed E-state index contributed by atoms with van der Waals surface area (Å²) < 4.78 is 0. The standard InChI is InChI=1S/C33H40N6O2/c1-3-31(40)38-18-16-37(17-19-38)30-20-27(33(41)36-26-12-5-4-11-25(26)34)35-28-21-39(15-14-24(28)30)29-13-7-10-23-9-6-8-22(2)32(23)29/h3,6-10,13,20,25-26H,1,4-5,11-12,14-19,21,34H2,2H3,(H,36,41)/t25-,26-/m0/s1. The number of hydrogen-bond acceptors (Lipinski definition) is 6. The number of nitrogens with zero attached hydrogens (tertiary/aromatic N) is 4. The van der Waals surface area contributed by atoms with E-state index in [1.165, 1.54) is 33.7 Å². The van der Waals surface area contributed by atoms with Crippen LogP contribution in [0, 0.1) is 6.92 Å². The fraction of sp³-hybridized carbons (Fsp3) is 0.424. The van der Waals surface area contributed by atoms with Crippen LogP contribution in [-0.4, -0.2) is 66.5 Å². The van der Waals surface area contributed by atoms with E-state index in [1.54, 1.807) is 0 Å². The van der Waals surface area contributed by atoms with Crippen molar-refractivity contribution < 1.29 is 9.59 Å². The number of fused-ring (bicyclic) bond motifs is 2. The van der Waals surface area contributed by atoms with Crippen molar-refractivity contribution in [1.29, 1.82) is 0 Å². The van der Waals surface area contributed by atoms with Crippen molar-refractivity contribution in [1.82, 2.24) is 15.2 Å². The van der Waals surface area contributed by atoms with Gasteiger partial charge in [0, 0.05) is 67.1 Å². The number of aryl methyl sites for hydroxylation is 1. The minimum atomic E-state index is -0.157. The van der Waals surface area contributed by atoms with Crippen molar-refractivity contribution in [3.05, 3.63) is 77.6 Å². The van der Waals surface area contributed by atoms with Gasteiger partial charge in [-0.1, -0.05) is 49.8 Å². The van der Waals surface area contributed by atoms with Gasteiger partial charge in [0.15, 0.2) is 0 Å². The monoisotopic (exact) mass is 552 g/mol. The Bertz CT molecular complexity index is 1470. The second-order valence-electron chi connectivity index (χ2n) is 11.6. The predicted octanol–water partition coefficient (Wildman–Crippen LogP) is 3.94. The number of carbonyl (C=O) groups excluding carboxylic acids is 2. The fourth-order valence-corrected chi connectivity index (χ4v) is 6.77. The summed E-state index contributed by atoms with van der Waals surface area (Å²) in [5.41, 5.74) is 12.5. The molecule has 2 aromatic carbocycles. The topological polar surface area (TPSA) is 94.8 Å². The van der Waals surface area contributed by atoms with Crippen molar-refractivity contribution >= 4 is 34.0 Å². The van der Waals surface area contributed by atoms with Gasteiger partial charge in [0.2, 0.25) is 5.91 Å². The Morgan fingerprint density at radius 2 is 1.76 bits per heavy atom. The molecular formula is C33H40N6O2. The SMILES string of the molecule is C=CC(=O)N1CCN(c2cc(C(=O)N[C@H]3CCCC[C@@H]3N)nc3c2CCN(c2cccc4cccc(C)c24)C3)CC1. The van der Waals surface area contributed by atoms with Crippen LogP contribution in [0.25, 0.3) is 10.8 Å². The van der Waals surface area contributed by atoms with Crippen LogP contribution in [0.1, 0.15) is 53.0 Å². The van der Waals surface area contributed by atoms with Gasteiger partial charge in [-0.2, -0.15) is 0 Å². The molecule has 214 valence electrons. The first kappa shape index (κ1) is 27.3. The Labute approximate surface area is 242 Å². The van der Waals surface area contributed by atoms with Gasteiger partial charge in [-0.15, -0.1) is 0 Å². The molecule has 1 saturated carbocycles. The van der Waals surface area contributed by atoms with E-state index in [-0.39, 0.29) is 23.9 Å². The Balaban J connectivity index is 1.34. The molecule has 41 heavy (non-hydrogen) atoms. The number of nitrogens with one attached hydrogen (secondary N) is 1. The molecule has 6 rings (SSSR count). The number of anilines is 2. The third-order valence-corrected chi connectivity index (χ3v) is 9.07. The number of pyridine rings is 1. The van der Waals surface area contributed by atoms with E-state index in [0.29, 0.717) is 38.4 Å². The minimum absolute atomic E-state index is 0.0228. The second kappa shape index (κ2) is 11.5. The van der Waals surface area contributed by atoms with Gasteiger partial charge in [-0.25, -0.2) is 4.98 Å². The van der Waals surface area contributed by atoms with Gasteiger partial charge < -0.3 is 25.8 Å². The molecule has 3 aliphatic rings. The third kappa shape index (κ3) is 5.40. The van der Waals surface area contributed by atoms with Crippen LogP contribution in [0.2, 0.25) is 0 Å².